The van der Waals surface area contributed by atoms with Gasteiger partial charge in [-0.3, -0.25) is 4.79 Å². The number of hydrogen-bond donors (Lipinski definition) is 1. The molecule has 2 saturated carbocycles. The van der Waals surface area contributed by atoms with Crippen molar-refractivity contribution in [3.8, 4) is 0 Å². The molecule has 0 bridgehead atoms. The molecule has 2 aliphatic rings. The highest BCUT2D eigenvalue weighted by Gasteiger charge is 2.60. The minimum Gasteiger partial charge on any atom is -0.273 e. The molecule has 3 nitrogen and oxygen atoms in total. The van der Waals surface area contributed by atoms with Gasteiger partial charge in [0.05, 0.1) is 5.92 Å². The number of hydrazone groups is 1. The second-order valence-corrected chi connectivity index (χ2v) is 6.96. The summed E-state index contributed by atoms with van der Waals surface area (Å²) in [6.07, 6.45) is 3.24. The summed E-state index contributed by atoms with van der Waals surface area (Å²) in [5.74, 6) is 0.554. The van der Waals surface area contributed by atoms with E-state index in [9.17, 15) is 4.79 Å². The number of amides is 1. The zero-order valence-electron chi connectivity index (χ0n) is 13.9. The van der Waals surface area contributed by atoms with Crippen molar-refractivity contribution in [2.24, 2.45) is 16.9 Å². The van der Waals surface area contributed by atoms with E-state index in [1.165, 1.54) is 24.0 Å². The van der Waals surface area contributed by atoms with Crippen LogP contribution in [0.15, 0.2) is 65.8 Å². The fourth-order valence-corrected chi connectivity index (χ4v) is 3.67. The zero-order chi connectivity index (χ0) is 16.6. The first-order valence-electron chi connectivity index (χ1n) is 8.67. The molecule has 1 N–H and O–H groups in total. The molecule has 0 saturated heterocycles. The second-order valence-electron chi connectivity index (χ2n) is 6.96. The van der Waals surface area contributed by atoms with Gasteiger partial charge in [-0.2, -0.15) is 5.10 Å². The van der Waals surface area contributed by atoms with Crippen LogP contribution in [0.25, 0.3) is 0 Å². The van der Waals surface area contributed by atoms with Gasteiger partial charge in [-0.05, 0) is 43.2 Å². The molecule has 0 heterocycles. The van der Waals surface area contributed by atoms with Gasteiger partial charge in [0, 0.05) is 11.1 Å². The highest BCUT2D eigenvalue weighted by Crippen LogP contribution is 2.58. The number of rotatable bonds is 5. The van der Waals surface area contributed by atoms with Crippen molar-refractivity contribution in [1.29, 1.82) is 0 Å². The molecule has 1 amide bonds. The number of benzene rings is 2. The fourth-order valence-electron chi connectivity index (χ4n) is 3.67. The molecule has 2 aromatic carbocycles. The molecular formula is C21H22N2O. The molecule has 0 spiro atoms. The smallest absolute Gasteiger partial charge is 0.244 e. The minimum absolute atomic E-state index is 0.0303. The zero-order valence-corrected chi connectivity index (χ0v) is 13.9. The predicted octanol–water partition coefficient (Wildman–Crippen LogP) is 3.89. The van der Waals surface area contributed by atoms with Gasteiger partial charge >= 0.3 is 0 Å². The molecular weight excluding hydrogens is 296 g/mol. The molecule has 0 radical (unpaired) electrons. The van der Waals surface area contributed by atoms with Crippen LogP contribution in [-0.4, -0.2) is 11.6 Å². The summed E-state index contributed by atoms with van der Waals surface area (Å²) < 4.78 is 0. The van der Waals surface area contributed by atoms with Crippen LogP contribution >= 0.6 is 0 Å². The predicted molar refractivity (Wildman–Crippen MR) is 95.7 cm³/mol. The second kappa shape index (κ2) is 5.90. The summed E-state index contributed by atoms with van der Waals surface area (Å²) in [6.45, 7) is 2.01. The maximum Gasteiger partial charge on any atom is 0.244 e. The van der Waals surface area contributed by atoms with Gasteiger partial charge in [0.2, 0.25) is 5.91 Å². The Morgan fingerprint density at radius 1 is 1.00 bits per heavy atom. The maximum absolute atomic E-state index is 12.7. The summed E-state index contributed by atoms with van der Waals surface area (Å²) >= 11 is 0. The van der Waals surface area contributed by atoms with Crippen molar-refractivity contribution < 1.29 is 4.79 Å². The van der Waals surface area contributed by atoms with Crippen LogP contribution in [0.3, 0.4) is 0 Å². The Balaban J connectivity index is 1.60. The topological polar surface area (TPSA) is 41.5 Å². The summed E-state index contributed by atoms with van der Waals surface area (Å²) in [5.41, 5.74) is 6.06. The van der Waals surface area contributed by atoms with E-state index < -0.39 is 0 Å². The molecule has 122 valence electrons. The van der Waals surface area contributed by atoms with E-state index >= 15 is 0 Å². The molecule has 4 rings (SSSR count). The summed E-state index contributed by atoms with van der Waals surface area (Å²) in [6, 6.07) is 20.7. The summed E-state index contributed by atoms with van der Waals surface area (Å²) in [4.78, 5) is 12.7. The van der Waals surface area contributed by atoms with E-state index in [1.54, 1.807) is 0 Å². The molecule has 2 aromatic rings. The van der Waals surface area contributed by atoms with E-state index in [4.69, 9.17) is 0 Å². The summed E-state index contributed by atoms with van der Waals surface area (Å²) in [7, 11) is 0. The van der Waals surface area contributed by atoms with E-state index in [-0.39, 0.29) is 17.2 Å². The minimum atomic E-state index is -0.213. The highest BCUT2D eigenvalue weighted by molar-refractivity contribution is 5.90. The van der Waals surface area contributed by atoms with E-state index in [1.807, 2.05) is 43.3 Å². The van der Waals surface area contributed by atoms with Gasteiger partial charge in [-0.1, -0.05) is 60.7 Å². The monoisotopic (exact) mass is 318 g/mol. The molecule has 2 aliphatic carbocycles. The quantitative estimate of drug-likeness (QED) is 0.659. The lowest BCUT2D eigenvalue weighted by Crippen LogP contribution is -2.26. The van der Waals surface area contributed by atoms with Gasteiger partial charge in [-0.25, -0.2) is 5.43 Å². The summed E-state index contributed by atoms with van der Waals surface area (Å²) in [5, 5.41) is 4.32. The number of carbonyl (C=O) groups excluding carboxylic acids is 1. The van der Waals surface area contributed by atoms with E-state index in [0.717, 1.165) is 12.1 Å². The van der Waals surface area contributed by atoms with Crippen molar-refractivity contribution in [3.05, 3.63) is 71.8 Å². The average Bonchev–Trinajstić information content (AvgIpc) is 3.54. The Kier molecular flexibility index (Phi) is 3.72. The van der Waals surface area contributed by atoms with Crippen molar-refractivity contribution in [1.82, 2.24) is 5.43 Å². The lowest BCUT2D eigenvalue weighted by molar-refractivity contribution is -0.122. The van der Waals surface area contributed by atoms with Crippen LogP contribution in [0, 0.1) is 11.8 Å². The van der Waals surface area contributed by atoms with Crippen molar-refractivity contribution in [2.75, 3.05) is 0 Å². The fraction of sp³-hybridized carbons (Fsp3) is 0.333. The van der Waals surface area contributed by atoms with E-state index in [2.05, 4.69) is 34.8 Å². The molecule has 2 fully saturated rings. The van der Waals surface area contributed by atoms with Crippen LogP contribution < -0.4 is 5.43 Å². The molecule has 3 heteroatoms. The SMILES string of the molecule is C/C(=N\NC(=O)[C@H]1CC1(c1ccccc1)c1ccccc1)C1CC1. The van der Waals surface area contributed by atoms with Crippen LogP contribution in [-0.2, 0) is 10.2 Å². The van der Waals surface area contributed by atoms with Crippen LogP contribution in [0.5, 0.6) is 0 Å². The maximum atomic E-state index is 12.7. The average molecular weight is 318 g/mol. The first kappa shape index (κ1) is 15.1. The van der Waals surface area contributed by atoms with Crippen LogP contribution in [0.4, 0.5) is 0 Å². The molecule has 0 unspecified atom stereocenters. The lowest BCUT2D eigenvalue weighted by Gasteiger charge is -2.18. The van der Waals surface area contributed by atoms with Gasteiger partial charge < -0.3 is 0 Å². The first-order valence-corrected chi connectivity index (χ1v) is 8.67. The first-order chi connectivity index (χ1) is 11.7. The standard InChI is InChI=1S/C21H22N2O/c1-15(16-12-13-16)22-23-20(24)19-14-21(19,17-8-4-2-5-9-17)18-10-6-3-7-11-18/h2-11,16,19H,12-14H2,1H3,(H,23,24)/b22-15+/t19-/m1/s1. The third kappa shape index (κ3) is 2.64. The van der Waals surface area contributed by atoms with E-state index in [0.29, 0.717) is 5.92 Å². The number of nitrogens with zero attached hydrogens (tertiary/aromatic N) is 1. The van der Waals surface area contributed by atoms with Crippen LogP contribution in [0.2, 0.25) is 0 Å². The van der Waals surface area contributed by atoms with Gasteiger partial charge in [-0.15, -0.1) is 0 Å². The number of hydrogen-bond acceptors (Lipinski definition) is 2. The van der Waals surface area contributed by atoms with Gasteiger partial charge in [0.25, 0.3) is 0 Å². The highest BCUT2D eigenvalue weighted by atomic mass is 16.2. The van der Waals surface area contributed by atoms with Crippen molar-refractivity contribution in [2.45, 2.75) is 31.6 Å². The molecule has 24 heavy (non-hydrogen) atoms. The lowest BCUT2D eigenvalue weighted by atomic mass is 9.85. The number of nitrogens with one attached hydrogen (secondary N) is 1. The molecule has 1 atom stereocenters. The largest absolute Gasteiger partial charge is 0.273 e. The van der Waals surface area contributed by atoms with Gasteiger partial charge in [0.1, 0.15) is 0 Å². The molecule has 0 aromatic heterocycles. The Morgan fingerprint density at radius 3 is 2.04 bits per heavy atom. The Hall–Kier alpha value is -2.42. The van der Waals surface area contributed by atoms with Gasteiger partial charge in [0.15, 0.2) is 0 Å². The Bertz CT molecular complexity index is 723. The third-order valence-corrected chi connectivity index (χ3v) is 5.37. The normalized spacial score (nSPS) is 22.0. The van der Waals surface area contributed by atoms with Crippen molar-refractivity contribution in [3.63, 3.8) is 0 Å². The van der Waals surface area contributed by atoms with Crippen LogP contribution in [0.1, 0.15) is 37.3 Å². The number of carbonyl (C=O) groups is 1. The Labute approximate surface area is 142 Å². The van der Waals surface area contributed by atoms with Crippen molar-refractivity contribution >= 4 is 11.6 Å². The third-order valence-electron chi connectivity index (χ3n) is 5.37. The molecule has 0 aliphatic heterocycles. The Morgan fingerprint density at radius 2 is 1.54 bits per heavy atom.